The zero-order valence-corrected chi connectivity index (χ0v) is 33.5. The van der Waals surface area contributed by atoms with Gasteiger partial charge < -0.3 is 14.2 Å². The SMILES string of the molecule is CCC=CCC=CCC=CCC=CCC=CCC=CCCC(=O)OC(COCCCCCCCCCCC)COC(=O)CCCCC(C)CCC. The van der Waals surface area contributed by atoms with E-state index in [1.54, 1.807) is 0 Å². The van der Waals surface area contributed by atoms with Crippen molar-refractivity contribution in [3.8, 4) is 0 Å². The molecular formula is C46H78O5. The largest absolute Gasteiger partial charge is 0.462 e. The van der Waals surface area contributed by atoms with E-state index in [4.69, 9.17) is 14.2 Å². The number of esters is 2. The van der Waals surface area contributed by atoms with Crippen molar-refractivity contribution < 1.29 is 23.8 Å². The predicted octanol–water partition coefficient (Wildman–Crippen LogP) is 13.5. The van der Waals surface area contributed by atoms with Crippen molar-refractivity contribution >= 4 is 11.9 Å². The van der Waals surface area contributed by atoms with E-state index in [9.17, 15) is 9.59 Å². The first kappa shape index (κ1) is 48.3. The molecule has 0 spiro atoms. The second-order valence-electron chi connectivity index (χ2n) is 13.8. The van der Waals surface area contributed by atoms with Gasteiger partial charge in [0.25, 0.3) is 0 Å². The third-order valence-electron chi connectivity index (χ3n) is 8.65. The molecule has 0 saturated heterocycles. The van der Waals surface area contributed by atoms with Crippen LogP contribution in [0, 0.1) is 5.92 Å². The first-order chi connectivity index (χ1) is 25.0. The molecule has 5 nitrogen and oxygen atoms in total. The van der Waals surface area contributed by atoms with Crippen molar-refractivity contribution in [3.05, 3.63) is 72.9 Å². The molecule has 2 unspecified atom stereocenters. The second kappa shape index (κ2) is 40.1. The number of allylic oxidation sites excluding steroid dienone is 12. The topological polar surface area (TPSA) is 61.8 Å². The second-order valence-corrected chi connectivity index (χ2v) is 13.8. The maximum absolute atomic E-state index is 12.6. The lowest BCUT2D eigenvalue weighted by atomic mass is 9.99. The summed E-state index contributed by atoms with van der Waals surface area (Å²) in [4.78, 5) is 25.0. The Labute approximate surface area is 315 Å². The molecule has 0 aliphatic carbocycles. The molecule has 0 aliphatic heterocycles. The fourth-order valence-corrected chi connectivity index (χ4v) is 5.59. The minimum atomic E-state index is -0.574. The molecule has 0 aromatic heterocycles. The third-order valence-corrected chi connectivity index (χ3v) is 8.65. The minimum Gasteiger partial charge on any atom is -0.462 e. The molecule has 2 atom stereocenters. The lowest BCUT2D eigenvalue weighted by molar-refractivity contribution is -0.162. The van der Waals surface area contributed by atoms with Crippen LogP contribution in [-0.4, -0.2) is 37.9 Å². The van der Waals surface area contributed by atoms with Gasteiger partial charge in [-0.05, 0) is 63.7 Å². The van der Waals surface area contributed by atoms with Crippen molar-refractivity contribution in [2.24, 2.45) is 5.92 Å². The molecule has 0 bridgehead atoms. The molecule has 5 heteroatoms. The lowest BCUT2D eigenvalue weighted by Gasteiger charge is -2.18. The molecule has 0 aromatic rings. The average Bonchev–Trinajstić information content (AvgIpc) is 3.12. The summed E-state index contributed by atoms with van der Waals surface area (Å²) < 4.78 is 17.1. The summed E-state index contributed by atoms with van der Waals surface area (Å²) in [7, 11) is 0. The Kier molecular flexibility index (Phi) is 38.0. The van der Waals surface area contributed by atoms with Gasteiger partial charge in [-0.2, -0.15) is 0 Å². The standard InChI is InChI=1S/C46H78O5/c1-5-8-10-12-14-16-17-18-19-20-21-22-23-24-25-26-28-30-32-39-46(48)51-44(41-49-40-35-31-29-27-15-13-11-9-6-2)42-50-45(47)38-34-33-37-43(4)36-7-3/h8,10,14,16,18-19,21-22,24-25,28,30,43-44H,5-7,9,11-13,15,17,20,23,26-27,29,31-42H2,1-4H3. The molecular weight excluding hydrogens is 633 g/mol. The van der Waals surface area contributed by atoms with Gasteiger partial charge in [-0.3, -0.25) is 9.59 Å². The van der Waals surface area contributed by atoms with Crippen molar-refractivity contribution in [2.75, 3.05) is 19.8 Å². The minimum absolute atomic E-state index is 0.0501. The van der Waals surface area contributed by atoms with Crippen molar-refractivity contribution in [3.63, 3.8) is 0 Å². The van der Waals surface area contributed by atoms with Crippen molar-refractivity contribution in [1.29, 1.82) is 0 Å². The number of unbranched alkanes of at least 4 members (excludes halogenated alkanes) is 9. The van der Waals surface area contributed by atoms with Gasteiger partial charge in [0.2, 0.25) is 0 Å². The van der Waals surface area contributed by atoms with Gasteiger partial charge in [0.1, 0.15) is 6.61 Å². The lowest BCUT2D eigenvalue weighted by Crippen LogP contribution is -2.30. The van der Waals surface area contributed by atoms with E-state index >= 15 is 0 Å². The first-order valence-electron chi connectivity index (χ1n) is 20.9. The van der Waals surface area contributed by atoms with E-state index in [0.29, 0.717) is 31.8 Å². The van der Waals surface area contributed by atoms with Crippen LogP contribution < -0.4 is 0 Å². The molecule has 292 valence electrons. The molecule has 0 N–H and O–H groups in total. The van der Waals surface area contributed by atoms with E-state index < -0.39 is 6.10 Å². The number of hydrogen-bond acceptors (Lipinski definition) is 5. The number of ether oxygens (including phenoxy) is 3. The Bertz CT molecular complexity index is 957. The van der Waals surface area contributed by atoms with Gasteiger partial charge in [0.15, 0.2) is 6.10 Å². The highest BCUT2D eigenvalue weighted by Crippen LogP contribution is 2.15. The molecule has 0 aliphatic rings. The summed E-state index contributed by atoms with van der Waals surface area (Å²) >= 11 is 0. The van der Waals surface area contributed by atoms with Crippen LogP contribution >= 0.6 is 0 Å². The Balaban J connectivity index is 4.36. The normalized spacial score (nSPS) is 13.6. The average molecular weight is 711 g/mol. The van der Waals surface area contributed by atoms with Crippen molar-refractivity contribution in [2.45, 2.75) is 181 Å². The van der Waals surface area contributed by atoms with Gasteiger partial charge >= 0.3 is 11.9 Å². The first-order valence-corrected chi connectivity index (χ1v) is 20.9. The summed E-state index contributed by atoms with van der Waals surface area (Å²) in [6.45, 7) is 9.83. The molecule has 0 amide bonds. The van der Waals surface area contributed by atoms with E-state index in [0.717, 1.165) is 70.6 Å². The molecule has 0 heterocycles. The molecule has 0 saturated carbocycles. The van der Waals surface area contributed by atoms with Crippen LogP contribution in [0.5, 0.6) is 0 Å². The number of hydrogen-bond donors (Lipinski definition) is 0. The van der Waals surface area contributed by atoms with Crippen LogP contribution in [0.1, 0.15) is 175 Å². The Hall–Kier alpha value is -2.66. The number of carbonyl (C=O) groups is 2. The van der Waals surface area contributed by atoms with Crippen LogP contribution in [0.3, 0.4) is 0 Å². The molecule has 51 heavy (non-hydrogen) atoms. The predicted molar refractivity (Wildman–Crippen MR) is 219 cm³/mol. The van der Waals surface area contributed by atoms with E-state index in [1.807, 2.05) is 6.08 Å². The van der Waals surface area contributed by atoms with Crippen molar-refractivity contribution in [1.82, 2.24) is 0 Å². The Morgan fingerprint density at radius 3 is 1.59 bits per heavy atom. The summed E-state index contributed by atoms with van der Waals surface area (Å²) in [6, 6.07) is 0. The summed E-state index contributed by atoms with van der Waals surface area (Å²) in [6.07, 6.45) is 49.4. The summed E-state index contributed by atoms with van der Waals surface area (Å²) in [5, 5.41) is 0. The summed E-state index contributed by atoms with van der Waals surface area (Å²) in [5.41, 5.74) is 0. The third kappa shape index (κ3) is 38.4. The molecule has 0 aromatic carbocycles. The Morgan fingerprint density at radius 2 is 1.04 bits per heavy atom. The zero-order chi connectivity index (χ0) is 37.3. The highest BCUT2D eigenvalue weighted by Gasteiger charge is 2.17. The van der Waals surface area contributed by atoms with Crippen LogP contribution in [0.4, 0.5) is 0 Å². The fourth-order valence-electron chi connectivity index (χ4n) is 5.59. The highest BCUT2D eigenvalue weighted by atomic mass is 16.6. The number of rotatable bonds is 36. The van der Waals surface area contributed by atoms with E-state index in [2.05, 4.69) is 94.5 Å². The molecule has 0 rings (SSSR count). The zero-order valence-electron chi connectivity index (χ0n) is 33.5. The fraction of sp³-hybridized carbons (Fsp3) is 0.696. The van der Waals surface area contributed by atoms with Gasteiger partial charge in [-0.1, -0.05) is 178 Å². The monoisotopic (exact) mass is 711 g/mol. The smallest absolute Gasteiger partial charge is 0.306 e. The molecule has 0 radical (unpaired) electrons. The molecule has 0 fully saturated rings. The Morgan fingerprint density at radius 1 is 0.510 bits per heavy atom. The van der Waals surface area contributed by atoms with Crippen LogP contribution in [0.15, 0.2) is 72.9 Å². The summed E-state index contributed by atoms with van der Waals surface area (Å²) in [5.74, 6) is 0.189. The van der Waals surface area contributed by atoms with E-state index in [-0.39, 0.29) is 25.2 Å². The van der Waals surface area contributed by atoms with Gasteiger partial charge in [0, 0.05) is 19.4 Å². The maximum Gasteiger partial charge on any atom is 0.306 e. The van der Waals surface area contributed by atoms with E-state index in [1.165, 1.54) is 57.8 Å². The van der Waals surface area contributed by atoms with Gasteiger partial charge in [-0.25, -0.2) is 0 Å². The number of carbonyl (C=O) groups excluding carboxylic acids is 2. The quantitative estimate of drug-likeness (QED) is 0.0368. The van der Waals surface area contributed by atoms with Crippen LogP contribution in [-0.2, 0) is 23.8 Å². The van der Waals surface area contributed by atoms with Gasteiger partial charge in [-0.15, -0.1) is 0 Å². The van der Waals surface area contributed by atoms with Crippen LogP contribution in [0.2, 0.25) is 0 Å². The maximum atomic E-state index is 12.6. The van der Waals surface area contributed by atoms with Crippen LogP contribution in [0.25, 0.3) is 0 Å². The van der Waals surface area contributed by atoms with Gasteiger partial charge in [0.05, 0.1) is 6.61 Å². The highest BCUT2D eigenvalue weighted by molar-refractivity contribution is 5.70.